The van der Waals surface area contributed by atoms with E-state index in [1.807, 2.05) is 0 Å². The molecule has 7 heteroatoms. The Morgan fingerprint density at radius 3 is 0.873 bits per heavy atom. The van der Waals surface area contributed by atoms with Crippen molar-refractivity contribution in [2.45, 2.75) is 289 Å². The van der Waals surface area contributed by atoms with Gasteiger partial charge in [-0.05, 0) is 247 Å². The van der Waals surface area contributed by atoms with E-state index in [0.29, 0.717) is 0 Å². The standard InChI is InChI=1S/2C10H21N.C9H20N2.C9H19N.C9H18.2C8H17N.CH4/c2*1-8(2)9-4-6-10(11-3)7-5-9;1-4-10-5-7-11(8-6-10)9(2)3;1-8(2)10-6-4-9(3)5-7-10;3*1-8(2)9-6-4-3-5-7-9;/h2*8-11H,4-7H2,1-3H3;9H,4-8H2,1-3H3;8-9H,4-7H2,1-3H3;8-9H,3-7H2,1-2H3;2*8H,3-7H2,1-2H3;1H4. The first-order valence-corrected chi connectivity index (χ1v) is 31.4. The molecule has 4 heterocycles. The topological polar surface area (TPSA) is 40.3 Å². The summed E-state index contributed by atoms with van der Waals surface area (Å²) in [6, 6.07) is 4.65. The Labute approximate surface area is 450 Å². The van der Waals surface area contributed by atoms with Gasteiger partial charge < -0.3 is 30.2 Å². The lowest BCUT2D eigenvalue weighted by molar-refractivity contribution is 0.112. The van der Waals surface area contributed by atoms with Gasteiger partial charge in [-0.25, -0.2) is 0 Å². The average molecular weight is 1000 g/mol. The lowest BCUT2D eigenvalue weighted by atomic mass is 9.80. The largest absolute Gasteiger partial charge is 0.317 e. The van der Waals surface area contributed by atoms with E-state index in [0.717, 1.165) is 77.7 Å². The zero-order valence-electron chi connectivity index (χ0n) is 51.4. The quantitative estimate of drug-likeness (QED) is 0.226. The van der Waals surface area contributed by atoms with Gasteiger partial charge in [0.15, 0.2) is 0 Å². The second kappa shape index (κ2) is 42.8. The van der Waals surface area contributed by atoms with Crippen LogP contribution in [0.25, 0.3) is 0 Å². The van der Waals surface area contributed by atoms with Gasteiger partial charge >= 0.3 is 0 Å². The molecule has 0 amide bonds. The van der Waals surface area contributed by atoms with Crippen LogP contribution in [0.15, 0.2) is 0 Å². The van der Waals surface area contributed by atoms with E-state index < -0.39 is 0 Å². The monoisotopic (exact) mass is 1000 g/mol. The molecule has 7 aliphatic rings. The van der Waals surface area contributed by atoms with Crippen LogP contribution >= 0.6 is 0 Å². The van der Waals surface area contributed by atoms with Gasteiger partial charge in [-0.2, -0.15) is 0 Å². The fraction of sp³-hybridized carbons (Fsp3) is 1.00. The molecule has 7 fully saturated rings. The number of hydrogen-bond donors (Lipinski definition) is 2. The average Bonchev–Trinajstić information content (AvgIpc) is 3.38. The highest BCUT2D eigenvalue weighted by Crippen LogP contribution is 2.31. The van der Waals surface area contributed by atoms with Crippen molar-refractivity contribution in [3.05, 3.63) is 0 Å². The fourth-order valence-corrected chi connectivity index (χ4v) is 12.0. The smallest absolute Gasteiger partial charge is 0.0113 e. The van der Waals surface area contributed by atoms with Crippen molar-refractivity contribution in [3.63, 3.8) is 0 Å². The van der Waals surface area contributed by atoms with E-state index in [-0.39, 0.29) is 7.43 Å². The van der Waals surface area contributed by atoms with Crippen molar-refractivity contribution >= 4 is 0 Å². The summed E-state index contributed by atoms with van der Waals surface area (Å²) >= 11 is 0. The van der Waals surface area contributed by atoms with Crippen LogP contribution in [0.2, 0.25) is 0 Å². The fourth-order valence-electron chi connectivity index (χ4n) is 12.0. The summed E-state index contributed by atoms with van der Waals surface area (Å²) in [6.45, 7) is 51.2. The second-order valence-corrected chi connectivity index (χ2v) is 25.7. The number of likely N-dealkylation sites (tertiary alicyclic amines) is 3. The molecule has 0 atom stereocenters. The minimum absolute atomic E-state index is 0. The van der Waals surface area contributed by atoms with E-state index in [2.05, 4.69) is 160 Å². The Bertz CT molecular complexity index is 987. The zero-order chi connectivity index (χ0) is 52.4. The van der Waals surface area contributed by atoms with Crippen molar-refractivity contribution in [3.8, 4) is 0 Å². The number of nitrogens with zero attached hydrogens (tertiary/aromatic N) is 5. The molecule has 3 aliphatic carbocycles. The molecule has 0 radical (unpaired) electrons. The van der Waals surface area contributed by atoms with Crippen LogP contribution in [0.4, 0.5) is 0 Å². The number of piperazine rings is 1. The first-order chi connectivity index (χ1) is 33.3. The lowest BCUT2D eigenvalue weighted by Crippen LogP contribution is -2.48. The summed E-state index contributed by atoms with van der Waals surface area (Å²) in [5, 5.41) is 6.73. The molecular weight excluding hydrogens is 867 g/mol. The molecule has 428 valence electrons. The Morgan fingerprint density at radius 2 is 0.620 bits per heavy atom. The maximum Gasteiger partial charge on any atom is 0.0113 e. The number of nitrogens with one attached hydrogen (secondary N) is 2. The van der Waals surface area contributed by atoms with Crippen molar-refractivity contribution in [1.29, 1.82) is 0 Å². The van der Waals surface area contributed by atoms with Gasteiger partial charge in [0.2, 0.25) is 0 Å². The predicted octanol–water partition coefficient (Wildman–Crippen LogP) is 15.6. The minimum atomic E-state index is 0. The van der Waals surface area contributed by atoms with Gasteiger partial charge in [-0.15, -0.1) is 0 Å². The summed E-state index contributed by atoms with van der Waals surface area (Å²) < 4.78 is 0. The molecule has 0 aromatic heterocycles. The number of likely N-dealkylation sites (N-methyl/N-ethyl adjacent to an activating group) is 1. The Kier molecular flexibility index (Phi) is 42.6. The van der Waals surface area contributed by atoms with Gasteiger partial charge in [0.25, 0.3) is 0 Å². The molecule has 4 aliphatic heterocycles. The lowest BCUT2D eigenvalue weighted by Gasteiger charge is -2.36. The normalized spacial score (nSPS) is 25.8. The Hall–Kier alpha value is -0.280. The van der Waals surface area contributed by atoms with E-state index in [1.54, 1.807) is 0 Å². The van der Waals surface area contributed by atoms with Crippen LogP contribution in [-0.2, 0) is 0 Å². The Balaban J connectivity index is 0.000000805. The highest BCUT2D eigenvalue weighted by atomic mass is 15.3. The van der Waals surface area contributed by atoms with Crippen LogP contribution in [0.5, 0.6) is 0 Å². The third kappa shape index (κ3) is 33.5. The van der Waals surface area contributed by atoms with E-state index in [4.69, 9.17) is 0 Å². The predicted molar refractivity (Wildman–Crippen MR) is 322 cm³/mol. The van der Waals surface area contributed by atoms with Gasteiger partial charge in [-0.3, -0.25) is 4.90 Å². The van der Waals surface area contributed by atoms with Crippen LogP contribution in [0, 0.1) is 41.4 Å². The van der Waals surface area contributed by atoms with E-state index >= 15 is 0 Å². The van der Waals surface area contributed by atoms with Crippen molar-refractivity contribution in [2.24, 2.45) is 41.4 Å². The van der Waals surface area contributed by atoms with Crippen molar-refractivity contribution in [2.75, 3.05) is 86.1 Å². The third-order valence-electron chi connectivity index (χ3n) is 18.2. The van der Waals surface area contributed by atoms with Crippen LogP contribution in [0.1, 0.15) is 253 Å². The molecule has 4 saturated heterocycles. The molecule has 2 N–H and O–H groups in total. The molecular formula is C64H137N7. The van der Waals surface area contributed by atoms with E-state index in [9.17, 15) is 0 Å². The third-order valence-corrected chi connectivity index (χ3v) is 18.2. The molecule has 0 unspecified atom stereocenters. The minimum Gasteiger partial charge on any atom is -0.317 e. The molecule has 7 nitrogen and oxygen atoms in total. The molecule has 0 spiro atoms. The van der Waals surface area contributed by atoms with Crippen LogP contribution in [0.3, 0.4) is 0 Å². The van der Waals surface area contributed by atoms with Gasteiger partial charge in [0.05, 0.1) is 0 Å². The van der Waals surface area contributed by atoms with Crippen molar-refractivity contribution < 1.29 is 0 Å². The van der Waals surface area contributed by atoms with Crippen LogP contribution < -0.4 is 10.6 Å². The summed E-state index contributed by atoms with van der Waals surface area (Å²) in [4.78, 5) is 12.7. The zero-order valence-corrected chi connectivity index (χ0v) is 51.4. The van der Waals surface area contributed by atoms with Gasteiger partial charge in [-0.1, -0.05) is 108 Å². The molecule has 0 aromatic rings. The van der Waals surface area contributed by atoms with Gasteiger partial charge in [0.1, 0.15) is 0 Å². The summed E-state index contributed by atoms with van der Waals surface area (Å²) in [5.74, 6) is 6.75. The molecule has 0 bridgehead atoms. The Morgan fingerprint density at radius 1 is 0.338 bits per heavy atom. The second-order valence-electron chi connectivity index (χ2n) is 25.7. The van der Waals surface area contributed by atoms with Crippen LogP contribution in [-0.4, -0.2) is 147 Å². The van der Waals surface area contributed by atoms with Crippen molar-refractivity contribution in [1.82, 2.24) is 35.1 Å². The summed E-state index contributed by atoms with van der Waals surface area (Å²) in [5.41, 5.74) is 0. The summed E-state index contributed by atoms with van der Waals surface area (Å²) in [6.07, 6.45) is 30.1. The SMILES string of the molecule is C.CC(C)C1CCCCC1.CC(C)N1CCCCC1.CC(C)N1CCCCC1.CC1CCN(C(C)C)CC1.CCN1CCN(C(C)C)CC1.CNC1CCC(C(C)C)CC1.CNC1CCC(C(C)C)CC1. The van der Waals surface area contributed by atoms with E-state index in [1.165, 1.54) is 207 Å². The molecule has 0 aromatic carbocycles. The first-order valence-electron chi connectivity index (χ1n) is 31.4. The highest BCUT2D eigenvalue weighted by Gasteiger charge is 2.24. The molecule has 7 rings (SSSR count). The number of piperidine rings is 3. The maximum absolute atomic E-state index is 3.36. The van der Waals surface area contributed by atoms with Gasteiger partial charge in [0, 0.05) is 62.4 Å². The number of hydrogen-bond acceptors (Lipinski definition) is 7. The maximum atomic E-state index is 3.36. The highest BCUT2D eigenvalue weighted by molar-refractivity contribution is 4.79. The molecule has 3 saturated carbocycles. The molecule has 71 heavy (non-hydrogen) atoms. The number of rotatable bonds is 10. The summed E-state index contributed by atoms with van der Waals surface area (Å²) in [7, 11) is 4.17. The first kappa shape index (κ1) is 70.7.